The van der Waals surface area contributed by atoms with Crippen LogP contribution in [0.15, 0.2) is 36.7 Å². The minimum absolute atomic E-state index is 0.210. The Balaban J connectivity index is 1.68. The number of hydrogen-bond acceptors (Lipinski definition) is 4. The summed E-state index contributed by atoms with van der Waals surface area (Å²) in [7, 11) is 0. The minimum Gasteiger partial charge on any atom is -0.368 e. The maximum absolute atomic E-state index is 12.9. The van der Waals surface area contributed by atoms with Crippen molar-refractivity contribution in [2.45, 2.75) is 0 Å². The third-order valence-corrected chi connectivity index (χ3v) is 3.67. The Hall–Kier alpha value is -1.88. The molecule has 6 heteroatoms. The third kappa shape index (κ3) is 2.67. The van der Waals surface area contributed by atoms with E-state index in [0.29, 0.717) is 5.15 Å². The highest BCUT2D eigenvalue weighted by molar-refractivity contribution is 6.31. The Morgan fingerprint density at radius 2 is 1.50 bits per heavy atom. The Morgan fingerprint density at radius 1 is 0.900 bits per heavy atom. The number of benzene rings is 1. The molecule has 1 fully saturated rings. The van der Waals surface area contributed by atoms with Gasteiger partial charge in [-0.05, 0) is 24.3 Å². The van der Waals surface area contributed by atoms with Crippen LogP contribution < -0.4 is 9.80 Å². The molecular weight excluding hydrogens is 279 g/mol. The quantitative estimate of drug-likeness (QED) is 0.852. The Morgan fingerprint density at radius 3 is 2.15 bits per heavy atom. The maximum Gasteiger partial charge on any atom is 0.171 e. The summed E-state index contributed by atoms with van der Waals surface area (Å²) in [6, 6.07) is 6.59. The molecule has 104 valence electrons. The zero-order chi connectivity index (χ0) is 13.9. The van der Waals surface area contributed by atoms with Crippen molar-refractivity contribution in [3.05, 3.63) is 47.6 Å². The number of rotatable bonds is 2. The Bertz CT molecular complexity index is 582. The van der Waals surface area contributed by atoms with Crippen LogP contribution in [0, 0.1) is 5.82 Å². The van der Waals surface area contributed by atoms with Crippen LogP contribution in [0.3, 0.4) is 0 Å². The van der Waals surface area contributed by atoms with E-state index in [1.165, 1.54) is 12.1 Å². The lowest BCUT2D eigenvalue weighted by atomic mass is 10.2. The fraction of sp³-hybridized carbons (Fsp3) is 0.286. The summed E-state index contributed by atoms with van der Waals surface area (Å²) in [5.41, 5.74) is 1.04. The minimum atomic E-state index is -0.210. The highest BCUT2D eigenvalue weighted by atomic mass is 35.5. The first kappa shape index (κ1) is 13.1. The van der Waals surface area contributed by atoms with E-state index in [-0.39, 0.29) is 5.82 Å². The topological polar surface area (TPSA) is 32.3 Å². The zero-order valence-electron chi connectivity index (χ0n) is 10.8. The zero-order valence-corrected chi connectivity index (χ0v) is 11.6. The smallest absolute Gasteiger partial charge is 0.171 e. The molecule has 1 aromatic carbocycles. The third-order valence-electron chi connectivity index (χ3n) is 3.41. The highest BCUT2D eigenvalue weighted by Crippen LogP contribution is 2.23. The molecule has 1 aliphatic heterocycles. The number of aromatic nitrogens is 2. The summed E-state index contributed by atoms with van der Waals surface area (Å²) < 4.78 is 12.9. The van der Waals surface area contributed by atoms with Gasteiger partial charge in [-0.25, -0.2) is 14.4 Å². The van der Waals surface area contributed by atoms with Gasteiger partial charge in [0.15, 0.2) is 11.0 Å². The molecule has 0 atom stereocenters. The molecule has 1 aliphatic rings. The molecule has 2 heterocycles. The molecule has 0 saturated carbocycles. The van der Waals surface area contributed by atoms with E-state index >= 15 is 0 Å². The summed E-state index contributed by atoms with van der Waals surface area (Å²) in [4.78, 5) is 12.7. The summed E-state index contributed by atoms with van der Waals surface area (Å²) in [5.74, 6) is 0.520. The first-order valence-corrected chi connectivity index (χ1v) is 6.84. The number of halogens is 2. The Kier molecular flexibility index (Phi) is 3.69. The van der Waals surface area contributed by atoms with Gasteiger partial charge in [0.2, 0.25) is 0 Å². The molecule has 1 aromatic heterocycles. The number of anilines is 2. The largest absolute Gasteiger partial charge is 0.368 e. The Labute approximate surface area is 121 Å². The van der Waals surface area contributed by atoms with Gasteiger partial charge in [-0.2, -0.15) is 0 Å². The average molecular weight is 293 g/mol. The molecule has 0 bridgehead atoms. The van der Waals surface area contributed by atoms with Gasteiger partial charge >= 0.3 is 0 Å². The standard InChI is InChI=1S/C14H14ClFN4/c15-13-14(18-6-5-17-13)20-9-7-19(8-10-20)12-3-1-11(16)2-4-12/h1-6H,7-10H2. The molecule has 0 N–H and O–H groups in total. The molecule has 0 unspecified atom stereocenters. The van der Waals surface area contributed by atoms with Crippen molar-refractivity contribution in [1.29, 1.82) is 0 Å². The van der Waals surface area contributed by atoms with Gasteiger partial charge in [0.1, 0.15) is 5.82 Å². The molecule has 4 nitrogen and oxygen atoms in total. The van der Waals surface area contributed by atoms with E-state index in [1.807, 2.05) is 0 Å². The predicted molar refractivity (Wildman–Crippen MR) is 77.9 cm³/mol. The maximum atomic E-state index is 12.9. The SMILES string of the molecule is Fc1ccc(N2CCN(c3nccnc3Cl)CC2)cc1. The predicted octanol–water partition coefficient (Wildman–Crippen LogP) is 2.60. The summed E-state index contributed by atoms with van der Waals surface area (Å²) in [5, 5.41) is 0.433. The summed E-state index contributed by atoms with van der Waals surface area (Å²) in [6.07, 6.45) is 3.23. The number of piperazine rings is 1. The summed E-state index contributed by atoms with van der Waals surface area (Å²) in [6.45, 7) is 3.32. The average Bonchev–Trinajstić information content (AvgIpc) is 2.49. The first-order valence-electron chi connectivity index (χ1n) is 6.46. The van der Waals surface area contributed by atoms with Gasteiger partial charge in [-0.15, -0.1) is 0 Å². The van der Waals surface area contributed by atoms with Gasteiger partial charge < -0.3 is 9.80 Å². The van der Waals surface area contributed by atoms with E-state index in [1.54, 1.807) is 24.5 Å². The number of nitrogens with zero attached hydrogens (tertiary/aromatic N) is 4. The molecular formula is C14H14ClFN4. The fourth-order valence-corrected chi connectivity index (χ4v) is 2.58. The van der Waals surface area contributed by atoms with Crippen molar-refractivity contribution in [3.8, 4) is 0 Å². The lowest BCUT2D eigenvalue weighted by molar-refractivity contribution is 0.624. The van der Waals surface area contributed by atoms with Crippen LogP contribution in [0.1, 0.15) is 0 Å². The van der Waals surface area contributed by atoms with Crippen molar-refractivity contribution >= 4 is 23.1 Å². The van der Waals surface area contributed by atoms with Crippen molar-refractivity contribution < 1.29 is 4.39 Å². The van der Waals surface area contributed by atoms with Crippen LogP contribution in [0.4, 0.5) is 15.9 Å². The van der Waals surface area contributed by atoms with Gasteiger partial charge in [0, 0.05) is 44.3 Å². The lowest BCUT2D eigenvalue weighted by Crippen LogP contribution is -2.47. The van der Waals surface area contributed by atoms with Crippen molar-refractivity contribution in [3.63, 3.8) is 0 Å². The van der Waals surface area contributed by atoms with E-state index in [4.69, 9.17) is 11.6 Å². The highest BCUT2D eigenvalue weighted by Gasteiger charge is 2.20. The molecule has 0 radical (unpaired) electrons. The van der Waals surface area contributed by atoms with Crippen LogP contribution in [-0.2, 0) is 0 Å². The molecule has 2 aromatic rings. The van der Waals surface area contributed by atoms with Crippen LogP contribution in [0.5, 0.6) is 0 Å². The fourth-order valence-electron chi connectivity index (χ4n) is 2.35. The molecule has 0 amide bonds. The first-order chi connectivity index (χ1) is 9.74. The lowest BCUT2D eigenvalue weighted by Gasteiger charge is -2.36. The van der Waals surface area contributed by atoms with Crippen LogP contribution in [-0.4, -0.2) is 36.1 Å². The van der Waals surface area contributed by atoms with Crippen LogP contribution in [0.2, 0.25) is 5.15 Å². The molecule has 20 heavy (non-hydrogen) atoms. The van der Waals surface area contributed by atoms with E-state index in [9.17, 15) is 4.39 Å². The van der Waals surface area contributed by atoms with Gasteiger partial charge in [-0.1, -0.05) is 11.6 Å². The van der Waals surface area contributed by atoms with Gasteiger partial charge in [-0.3, -0.25) is 0 Å². The van der Waals surface area contributed by atoms with Crippen LogP contribution in [0.25, 0.3) is 0 Å². The van der Waals surface area contributed by atoms with Crippen molar-refractivity contribution in [2.24, 2.45) is 0 Å². The normalized spacial score (nSPS) is 15.5. The summed E-state index contributed by atoms with van der Waals surface area (Å²) >= 11 is 6.06. The number of hydrogen-bond donors (Lipinski definition) is 0. The van der Waals surface area contributed by atoms with E-state index < -0.39 is 0 Å². The second-order valence-electron chi connectivity index (χ2n) is 4.62. The van der Waals surface area contributed by atoms with Crippen molar-refractivity contribution in [1.82, 2.24) is 9.97 Å². The van der Waals surface area contributed by atoms with Crippen LogP contribution >= 0.6 is 11.6 Å². The van der Waals surface area contributed by atoms with Gasteiger partial charge in [0.05, 0.1) is 0 Å². The molecule has 3 rings (SSSR count). The van der Waals surface area contributed by atoms with Crippen molar-refractivity contribution in [2.75, 3.05) is 36.0 Å². The molecule has 0 spiro atoms. The molecule has 1 saturated heterocycles. The molecule has 0 aliphatic carbocycles. The second-order valence-corrected chi connectivity index (χ2v) is 4.98. The van der Waals surface area contributed by atoms with E-state index in [0.717, 1.165) is 37.7 Å². The van der Waals surface area contributed by atoms with Gasteiger partial charge in [0.25, 0.3) is 0 Å². The van der Waals surface area contributed by atoms with E-state index in [2.05, 4.69) is 19.8 Å². The second kappa shape index (κ2) is 5.63. The monoisotopic (exact) mass is 292 g/mol.